The van der Waals surface area contributed by atoms with Gasteiger partial charge in [-0.25, -0.2) is 9.37 Å². The van der Waals surface area contributed by atoms with E-state index in [4.69, 9.17) is 27.9 Å². The monoisotopic (exact) mass is 366 g/mol. The first-order chi connectivity index (χ1) is 11.6. The van der Waals surface area contributed by atoms with Gasteiger partial charge in [0.2, 0.25) is 5.88 Å². The Morgan fingerprint density at radius 3 is 2.83 bits per heavy atom. The van der Waals surface area contributed by atoms with Crippen LogP contribution in [0.25, 0.3) is 0 Å². The molecule has 2 aromatic heterocycles. The lowest BCUT2D eigenvalue weighted by atomic mass is 10.1. The van der Waals surface area contributed by atoms with Gasteiger partial charge in [0.15, 0.2) is 0 Å². The molecule has 3 rings (SSSR count). The fourth-order valence-corrected chi connectivity index (χ4v) is 2.61. The summed E-state index contributed by atoms with van der Waals surface area (Å²) in [7, 11) is 0. The van der Waals surface area contributed by atoms with E-state index in [1.165, 1.54) is 16.9 Å². The minimum Gasteiger partial charge on any atom is -0.476 e. The van der Waals surface area contributed by atoms with E-state index >= 15 is 0 Å². The van der Waals surface area contributed by atoms with Crippen molar-refractivity contribution in [2.75, 3.05) is 12.0 Å². The van der Waals surface area contributed by atoms with Crippen LogP contribution in [0.5, 0.6) is 5.88 Å². The van der Waals surface area contributed by atoms with Crippen molar-refractivity contribution in [1.82, 2.24) is 14.9 Å². The molecule has 0 bridgehead atoms. The predicted octanol–water partition coefficient (Wildman–Crippen LogP) is 4.22. The van der Waals surface area contributed by atoms with Gasteiger partial charge in [0.25, 0.3) is 0 Å². The molecule has 8 heteroatoms. The van der Waals surface area contributed by atoms with Crippen LogP contribution in [0.3, 0.4) is 0 Å². The highest BCUT2D eigenvalue weighted by molar-refractivity contribution is 6.36. The second-order valence-corrected chi connectivity index (χ2v) is 5.63. The van der Waals surface area contributed by atoms with Crippen molar-refractivity contribution >= 4 is 29.0 Å². The first-order valence-electron chi connectivity index (χ1n) is 7.12. The van der Waals surface area contributed by atoms with Crippen molar-refractivity contribution in [3.05, 3.63) is 70.2 Å². The summed E-state index contributed by atoms with van der Waals surface area (Å²) in [5.74, 6) is 0.576. The maximum absolute atomic E-state index is 13.5. The van der Waals surface area contributed by atoms with Gasteiger partial charge in [0, 0.05) is 23.7 Å². The number of ether oxygens (including phenoxy) is 1. The zero-order valence-corrected chi connectivity index (χ0v) is 13.9. The molecule has 124 valence electrons. The molecule has 0 aliphatic carbocycles. The molecule has 0 radical (unpaired) electrons. The van der Waals surface area contributed by atoms with E-state index < -0.39 is 5.82 Å². The first-order valence-corrected chi connectivity index (χ1v) is 7.88. The van der Waals surface area contributed by atoms with E-state index in [0.29, 0.717) is 28.7 Å². The molecule has 5 nitrogen and oxygen atoms in total. The van der Waals surface area contributed by atoms with Gasteiger partial charge >= 0.3 is 0 Å². The summed E-state index contributed by atoms with van der Waals surface area (Å²) < 4.78 is 19.0. The molecular formula is C16H13Cl2FN4O. The molecule has 24 heavy (non-hydrogen) atoms. The summed E-state index contributed by atoms with van der Waals surface area (Å²) in [5, 5.41) is 4.63. The van der Waals surface area contributed by atoms with Gasteiger partial charge in [-0.15, -0.1) is 5.10 Å². The summed E-state index contributed by atoms with van der Waals surface area (Å²) in [6.07, 6.45) is 3.75. The lowest BCUT2D eigenvalue weighted by molar-refractivity contribution is 0.306. The topological polar surface area (TPSA) is 52.0 Å². The second kappa shape index (κ2) is 7.51. The fourth-order valence-electron chi connectivity index (χ4n) is 2.05. The van der Waals surface area contributed by atoms with E-state index in [0.717, 1.165) is 0 Å². The van der Waals surface area contributed by atoms with Crippen molar-refractivity contribution in [2.24, 2.45) is 0 Å². The van der Waals surface area contributed by atoms with Crippen LogP contribution >= 0.6 is 23.2 Å². The molecule has 1 aromatic carbocycles. The number of hydrogen-bond acceptors (Lipinski definition) is 4. The van der Waals surface area contributed by atoms with Crippen molar-refractivity contribution < 1.29 is 9.13 Å². The summed E-state index contributed by atoms with van der Waals surface area (Å²) in [4.78, 5) is 5.62. The number of anilines is 1. The Balaban J connectivity index is 1.57. The van der Waals surface area contributed by atoms with Crippen LogP contribution in [0.2, 0.25) is 10.0 Å². The second-order valence-electron chi connectivity index (χ2n) is 4.85. The molecule has 1 N–H and O–H groups in total. The van der Waals surface area contributed by atoms with Crippen molar-refractivity contribution in [1.29, 1.82) is 0 Å². The van der Waals surface area contributed by atoms with Crippen LogP contribution in [0, 0.1) is 5.82 Å². The zero-order chi connectivity index (χ0) is 16.9. The maximum atomic E-state index is 13.5. The number of pyridine rings is 1. The third-order valence-corrected chi connectivity index (χ3v) is 3.96. The molecule has 0 saturated carbocycles. The number of rotatable bonds is 6. The van der Waals surface area contributed by atoms with E-state index in [9.17, 15) is 4.39 Å². The minimum atomic E-state index is -0.500. The normalized spacial score (nSPS) is 10.6. The minimum absolute atomic E-state index is 0.0217. The van der Waals surface area contributed by atoms with Gasteiger partial charge < -0.3 is 4.74 Å². The van der Waals surface area contributed by atoms with Gasteiger partial charge in [-0.3, -0.25) is 5.43 Å². The standard InChI is InChI=1S/C16H13Cl2FN4O/c17-12-4-5-13(19)16(18)11(12)7-10-24-15-6-9-23(22-15)21-14-3-1-2-8-20-14/h1-6,8-9H,7,10H2,(H,20,21). The molecule has 0 fully saturated rings. The van der Waals surface area contributed by atoms with Crippen LogP contribution in [-0.2, 0) is 6.42 Å². The summed E-state index contributed by atoms with van der Waals surface area (Å²) in [6, 6.07) is 9.92. The van der Waals surface area contributed by atoms with Crippen LogP contribution in [0.4, 0.5) is 10.2 Å². The Hall–Kier alpha value is -2.31. The van der Waals surface area contributed by atoms with Crippen LogP contribution < -0.4 is 10.2 Å². The van der Waals surface area contributed by atoms with Crippen LogP contribution in [-0.4, -0.2) is 21.5 Å². The van der Waals surface area contributed by atoms with Crippen molar-refractivity contribution in [3.8, 4) is 5.88 Å². The lowest BCUT2D eigenvalue weighted by Gasteiger charge is -2.08. The number of halogens is 3. The Morgan fingerprint density at radius 1 is 1.17 bits per heavy atom. The smallest absolute Gasteiger partial charge is 0.234 e. The van der Waals surface area contributed by atoms with Crippen LogP contribution in [0.15, 0.2) is 48.8 Å². The SMILES string of the molecule is Fc1ccc(Cl)c(CCOc2ccn(Nc3ccccn3)n2)c1Cl. The van der Waals surface area contributed by atoms with Gasteiger partial charge in [0.1, 0.15) is 11.6 Å². The Labute approximate surface area is 148 Å². The van der Waals surface area contributed by atoms with E-state index in [1.807, 2.05) is 18.2 Å². The molecule has 0 aliphatic heterocycles. The molecule has 0 spiro atoms. The number of nitrogens with one attached hydrogen (secondary N) is 1. The molecule has 0 atom stereocenters. The highest BCUT2D eigenvalue weighted by Gasteiger charge is 2.11. The molecular weight excluding hydrogens is 354 g/mol. The average Bonchev–Trinajstić information content (AvgIpc) is 3.03. The van der Waals surface area contributed by atoms with Crippen LogP contribution in [0.1, 0.15) is 5.56 Å². The zero-order valence-electron chi connectivity index (χ0n) is 12.4. The third-order valence-electron chi connectivity index (χ3n) is 3.20. The van der Waals surface area contributed by atoms with E-state index in [1.54, 1.807) is 18.5 Å². The maximum Gasteiger partial charge on any atom is 0.234 e. The van der Waals surface area contributed by atoms with Crippen molar-refractivity contribution in [3.63, 3.8) is 0 Å². The Kier molecular flexibility index (Phi) is 5.17. The average molecular weight is 367 g/mol. The highest BCUT2D eigenvalue weighted by Crippen LogP contribution is 2.27. The van der Waals surface area contributed by atoms with Gasteiger partial charge in [0.05, 0.1) is 17.8 Å². The Bertz CT molecular complexity index is 826. The number of hydrogen-bond donors (Lipinski definition) is 1. The highest BCUT2D eigenvalue weighted by atomic mass is 35.5. The molecule has 0 amide bonds. The summed E-state index contributed by atoms with van der Waals surface area (Å²) in [6.45, 7) is 0.267. The quantitative estimate of drug-likeness (QED) is 0.663. The largest absolute Gasteiger partial charge is 0.476 e. The number of aromatic nitrogens is 3. The predicted molar refractivity (Wildman–Crippen MR) is 91.1 cm³/mol. The molecule has 0 saturated heterocycles. The fraction of sp³-hybridized carbons (Fsp3) is 0.125. The lowest BCUT2D eigenvalue weighted by Crippen LogP contribution is -2.11. The summed E-state index contributed by atoms with van der Waals surface area (Å²) in [5.41, 5.74) is 3.50. The first kappa shape index (κ1) is 16.5. The molecule has 0 unspecified atom stereocenters. The van der Waals surface area contributed by atoms with Gasteiger partial charge in [-0.1, -0.05) is 29.3 Å². The molecule has 3 aromatic rings. The molecule has 0 aliphatic rings. The Morgan fingerprint density at radius 2 is 2.04 bits per heavy atom. The van der Waals surface area contributed by atoms with E-state index in [-0.39, 0.29) is 11.6 Å². The van der Waals surface area contributed by atoms with Crippen molar-refractivity contribution in [2.45, 2.75) is 6.42 Å². The number of nitrogens with zero attached hydrogens (tertiary/aromatic N) is 3. The number of benzene rings is 1. The summed E-state index contributed by atoms with van der Waals surface area (Å²) >= 11 is 12.0. The van der Waals surface area contributed by atoms with Gasteiger partial charge in [-0.2, -0.15) is 4.79 Å². The molecule has 2 heterocycles. The van der Waals surface area contributed by atoms with Gasteiger partial charge in [-0.05, 0) is 29.8 Å². The third kappa shape index (κ3) is 3.96. The van der Waals surface area contributed by atoms with E-state index in [2.05, 4.69) is 15.5 Å².